The van der Waals surface area contributed by atoms with Crippen molar-refractivity contribution in [3.63, 3.8) is 0 Å². The minimum absolute atomic E-state index is 0.127. The average Bonchev–Trinajstić information content (AvgIpc) is 3.15. The second-order valence-corrected chi connectivity index (χ2v) is 8.61. The molecule has 4 fully saturated rings. The number of hydrogen-bond acceptors (Lipinski definition) is 7. The fourth-order valence-electron chi connectivity index (χ4n) is 5.67. The summed E-state index contributed by atoms with van der Waals surface area (Å²) >= 11 is 0. The van der Waals surface area contributed by atoms with Crippen LogP contribution in [0.4, 0.5) is 5.82 Å². The molecular formula is C19H28N6O3. The van der Waals surface area contributed by atoms with Crippen LogP contribution in [0.25, 0.3) is 0 Å². The van der Waals surface area contributed by atoms with Crippen LogP contribution in [0, 0.1) is 18.8 Å². The number of anilines is 1. The molecule has 0 spiro atoms. The topological polar surface area (TPSA) is 94.8 Å². The van der Waals surface area contributed by atoms with Crippen LogP contribution in [0.1, 0.15) is 31.4 Å². The zero-order chi connectivity index (χ0) is 19.3. The van der Waals surface area contributed by atoms with E-state index in [1.165, 1.54) is 0 Å². The molecule has 0 unspecified atom stereocenters. The predicted molar refractivity (Wildman–Crippen MR) is 101 cm³/mol. The van der Waals surface area contributed by atoms with E-state index >= 15 is 0 Å². The Labute approximate surface area is 164 Å². The van der Waals surface area contributed by atoms with Crippen molar-refractivity contribution >= 4 is 17.6 Å². The first-order valence-corrected chi connectivity index (χ1v) is 10.5. The van der Waals surface area contributed by atoms with Crippen molar-refractivity contribution in [1.29, 1.82) is 0 Å². The Bertz CT molecular complexity index is 759. The maximum Gasteiger partial charge on any atom is 0.245 e. The van der Waals surface area contributed by atoms with Crippen LogP contribution in [0.5, 0.6) is 0 Å². The third-order valence-electron chi connectivity index (χ3n) is 7.02. The second kappa shape index (κ2) is 7.02. The molecule has 0 radical (unpaired) electrons. The van der Waals surface area contributed by atoms with Crippen molar-refractivity contribution in [2.75, 3.05) is 44.2 Å². The molecule has 2 amide bonds. The first-order chi connectivity index (χ1) is 13.6. The van der Waals surface area contributed by atoms with Crippen molar-refractivity contribution in [3.05, 3.63) is 5.69 Å². The van der Waals surface area contributed by atoms with E-state index in [4.69, 9.17) is 4.63 Å². The van der Waals surface area contributed by atoms with Crippen LogP contribution in [0.2, 0.25) is 0 Å². The van der Waals surface area contributed by atoms with Crippen molar-refractivity contribution in [3.8, 4) is 0 Å². The van der Waals surface area contributed by atoms with Crippen molar-refractivity contribution in [2.45, 2.75) is 44.7 Å². The Morgan fingerprint density at radius 2 is 1.93 bits per heavy atom. The number of carbonyl (C=O) groups is 2. The number of aryl methyl sites for hydroxylation is 1. The molecule has 0 aliphatic carbocycles. The highest BCUT2D eigenvalue weighted by Crippen LogP contribution is 2.40. The van der Waals surface area contributed by atoms with E-state index in [-0.39, 0.29) is 29.8 Å². The third-order valence-corrected chi connectivity index (χ3v) is 7.02. The van der Waals surface area contributed by atoms with Gasteiger partial charge in [-0.3, -0.25) is 9.59 Å². The molecule has 4 atom stereocenters. The van der Waals surface area contributed by atoms with Crippen LogP contribution in [-0.4, -0.2) is 83.3 Å². The number of carbonyl (C=O) groups excluding carboxylic acids is 2. The summed E-state index contributed by atoms with van der Waals surface area (Å²) in [5.74, 6) is 1.78. The number of rotatable bonds is 2. The molecule has 9 heteroatoms. The minimum atomic E-state index is -0.302. The van der Waals surface area contributed by atoms with Crippen molar-refractivity contribution < 1.29 is 14.2 Å². The molecule has 4 aliphatic rings. The summed E-state index contributed by atoms with van der Waals surface area (Å²) in [6.07, 6.45) is 3.62. The highest BCUT2D eigenvalue weighted by atomic mass is 16.6. The lowest BCUT2D eigenvalue weighted by Crippen LogP contribution is -2.69. The molecule has 1 aromatic heterocycles. The summed E-state index contributed by atoms with van der Waals surface area (Å²) in [6.45, 7) is 6.35. The normalized spacial score (nSPS) is 33.0. The molecule has 152 valence electrons. The van der Waals surface area contributed by atoms with Gasteiger partial charge < -0.3 is 20.0 Å². The van der Waals surface area contributed by atoms with Gasteiger partial charge in [-0.2, -0.15) is 0 Å². The second-order valence-electron chi connectivity index (χ2n) is 8.61. The Morgan fingerprint density at radius 3 is 2.68 bits per heavy atom. The maximum absolute atomic E-state index is 13.6. The SMILES string of the molecule is Cc1nonc1N1CCN(C(=O)[C@H]2[C@@H]3CNC[C@@H](C3)[C@@H]3CCCC(=O)N32)CC1. The molecule has 5 rings (SSSR count). The van der Waals surface area contributed by atoms with Gasteiger partial charge in [0.1, 0.15) is 11.7 Å². The fourth-order valence-corrected chi connectivity index (χ4v) is 5.67. The van der Waals surface area contributed by atoms with Gasteiger partial charge in [0.2, 0.25) is 11.8 Å². The van der Waals surface area contributed by atoms with Gasteiger partial charge >= 0.3 is 0 Å². The number of nitrogens with zero attached hydrogens (tertiary/aromatic N) is 5. The Hall–Kier alpha value is -2.16. The summed E-state index contributed by atoms with van der Waals surface area (Å²) in [5, 5.41) is 11.3. The third kappa shape index (κ3) is 2.87. The number of nitrogens with one attached hydrogen (secondary N) is 1. The molecule has 0 aromatic carbocycles. The smallest absolute Gasteiger partial charge is 0.245 e. The molecule has 4 aliphatic heterocycles. The molecule has 1 aromatic rings. The lowest BCUT2D eigenvalue weighted by molar-refractivity contribution is -0.162. The van der Waals surface area contributed by atoms with Crippen LogP contribution < -0.4 is 10.2 Å². The summed E-state index contributed by atoms with van der Waals surface area (Å²) in [6, 6.07) is -0.0757. The summed E-state index contributed by atoms with van der Waals surface area (Å²) in [4.78, 5) is 32.4. The van der Waals surface area contributed by atoms with Gasteiger partial charge in [-0.1, -0.05) is 5.16 Å². The van der Waals surface area contributed by atoms with Crippen LogP contribution in [0.15, 0.2) is 4.63 Å². The number of piperidine rings is 3. The molecule has 9 nitrogen and oxygen atoms in total. The summed E-state index contributed by atoms with van der Waals surface area (Å²) in [7, 11) is 0. The Balaban J connectivity index is 1.32. The van der Waals surface area contributed by atoms with Gasteiger partial charge in [0.05, 0.1) is 0 Å². The number of aromatic nitrogens is 2. The minimum Gasteiger partial charge on any atom is -0.349 e. The van der Waals surface area contributed by atoms with E-state index in [0.29, 0.717) is 38.5 Å². The van der Waals surface area contributed by atoms with Crippen LogP contribution >= 0.6 is 0 Å². The van der Waals surface area contributed by atoms with Crippen molar-refractivity contribution in [1.82, 2.24) is 25.4 Å². The van der Waals surface area contributed by atoms with E-state index in [1.807, 2.05) is 16.7 Å². The molecule has 2 bridgehead atoms. The van der Waals surface area contributed by atoms with Gasteiger partial charge in [0, 0.05) is 51.1 Å². The zero-order valence-corrected chi connectivity index (χ0v) is 16.3. The van der Waals surface area contributed by atoms with Gasteiger partial charge in [0.15, 0.2) is 5.82 Å². The molecule has 1 N–H and O–H groups in total. The predicted octanol–water partition coefficient (Wildman–Crippen LogP) is 0.0156. The molecular weight excluding hydrogens is 360 g/mol. The van der Waals surface area contributed by atoms with E-state index in [2.05, 4.69) is 20.5 Å². The van der Waals surface area contributed by atoms with Gasteiger partial charge in [-0.15, -0.1) is 0 Å². The Morgan fingerprint density at radius 1 is 1.14 bits per heavy atom. The number of hydrogen-bond donors (Lipinski definition) is 1. The molecule has 4 saturated heterocycles. The van der Waals surface area contributed by atoms with Gasteiger partial charge in [0.25, 0.3) is 0 Å². The average molecular weight is 388 g/mol. The Kier molecular flexibility index (Phi) is 4.49. The lowest BCUT2D eigenvalue weighted by atomic mass is 9.72. The van der Waals surface area contributed by atoms with E-state index in [0.717, 1.165) is 43.9 Å². The molecule has 0 saturated carbocycles. The number of fused-ring (bicyclic) bond motifs is 4. The van der Waals surface area contributed by atoms with E-state index in [9.17, 15) is 9.59 Å². The standard InChI is InChI=1S/C19H28N6O3/c1-12-18(22-28-21-12)23-5-7-24(8-6-23)19(27)17-14-9-13(10-20-11-14)15-3-2-4-16(26)25(15)17/h13-15,17,20H,2-11H2,1H3/t13-,14+,15+,17-/m1/s1. The fraction of sp³-hybridized carbons (Fsp3) is 0.789. The van der Waals surface area contributed by atoms with Crippen LogP contribution in [0.3, 0.4) is 0 Å². The zero-order valence-electron chi connectivity index (χ0n) is 16.3. The maximum atomic E-state index is 13.6. The lowest BCUT2D eigenvalue weighted by Gasteiger charge is -2.54. The van der Waals surface area contributed by atoms with Crippen molar-refractivity contribution in [2.24, 2.45) is 11.8 Å². The molecule has 28 heavy (non-hydrogen) atoms. The number of piperazine rings is 1. The van der Waals surface area contributed by atoms with Crippen LogP contribution in [-0.2, 0) is 9.59 Å². The first-order valence-electron chi connectivity index (χ1n) is 10.5. The highest BCUT2D eigenvalue weighted by Gasteiger charge is 2.51. The molecule has 5 heterocycles. The summed E-state index contributed by atoms with van der Waals surface area (Å²) < 4.78 is 4.81. The summed E-state index contributed by atoms with van der Waals surface area (Å²) in [5.41, 5.74) is 0.771. The van der Waals surface area contributed by atoms with Gasteiger partial charge in [-0.25, -0.2) is 4.63 Å². The van der Waals surface area contributed by atoms with E-state index < -0.39 is 0 Å². The monoisotopic (exact) mass is 388 g/mol. The highest BCUT2D eigenvalue weighted by molar-refractivity contribution is 5.89. The number of amides is 2. The van der Waals surface area contributed by atoms with E-state index in [1.54, 1.807) is 0 Å². The largest absolute Gasteiger partial charge is 0.349 e. The first kappa shape index (κ1) is 17.9. The van der Waals surface area contributed by atoms with Gasteiger partial charge in [-0.05, 0) is 43.8 Å². The quantitative estimate of drug-likeness (QED) is 0.763.